The lowest BCUT2D eigenvalue weighted by molar-refractivity contribution is 0.0692. The minimum atomic E-state index is -1.07. The van der Waals surface area contributed by atoms with Gasteiger partial charge in [-0.3, -0.25) is 0 Å². The lowest BCUT2D eigenvalue weighted by Gasteiger charge is -2.00. The summed E-state index contributed by atoms with van der Waals surface area (Å²) in [5, 5.41) is 9.14. The number of benzene rings is 1. The molecule has 3 rings (SSSR count). The van der Waals surface area contributed by atoms with E-state index < -0.39 is 5.97 Å². The number of aromatic nitrogens is 3. The molecule has 5 heteroatoms. The second-order valence-electron chi connectivity index (χ2n) is 4.88. The van der Waals surface area contributed by atoms with Crippen molar-refractivity contribution in [3.05, 3.63) is 54.1 Å². The summed E-state index contributed by atoms with van der Waals surface area (Å²) in [5.74, 6) is -1.07. The Hall–Kier alpha value is -2.69. The normalized spacial score (nSPS) is 10.9. The van der Waals surface area contributed by atoms with Crippen molar-refractivity contribution in [1.29, 1.82) is 0 Å². The minimum Gasteiger partial charge on any atom is -0.476 e. The van der Waals surface area contributed by atoms with Gasteiger partial charge in [-0.15, -0.1) is 0 Å². The smallest absolute Gasteiger partial charge is 0.358 e. The molecule has 1 N–H and O–H groups in total. The molecule has 0 radical (unpaired) electrons. The van der Waals surface area contributed by atoms with Gasteiger partial charge in [-0.25, -0.2) is 14.8 Å². The molecule has 0 unspecified atom stereocenters. The second kappa shape index (κ2) is 5.36. The Kier molecular flexibility index (Phi) is 3.39. The highest BCUT2D eigenvalue weighted by molar-refractivity contribution is 5.92. The van der Waals surface area contributed by atoms with Crippen molar-refractivity contribution in [3.8, 4) is 11.3 Å². The van der Waals surface area contributed by atoms with Crippen molar-refractivity contribution >= 4 is 11.6 Å². The highest BCUT2D eigenvalue weighted by Gasteiger charge is 2.14. The van der Waals surface area contributed by atoms with E-state index in [0.717, 1.165) is 24.1 Å². The van der Waals surface area contributed by atoms with Gasteiger partial charge in [-0.05, 0) is 12.0 Å². The zero-order chi connectivity index (χ0) is 14.8. The molecule has 5 nitrogen and oxygen atoms in total. The van der Waals surface area contributed by atoms with E-state index in [1.165, 1.54) is 11.8 Å². The van der Waals surface area contributed by atoms with E-state index in [-0.39, 0.29) is 5.69 Å². The van der Waals surface area contributed by atoms with Gasteiger partial charge in [0.15, 0.2) is 11.3 Å². The number of nitrogens with zero attached hydrogens (tertiary/aromatic N) is 3. The van der Waals surface area contributed by atoms with Crippen molar-refractivity contribution in [2.75, 3.05) is 0 Å². The molecule has 21 heavy (non-hydrogen) atoms. The molecule has 0 aliphatic heterocycles. The molecule has 0 spiro atoms. The van der Waals surface area contributed by atoms with Gasteiger partial charge in [-0.2, -0.15) is 0 Å². The molecular formula is C16H15N3O2. The van der Waals surface area contributed by atoms with Crippen LogP contribution in [0.1, 0.15) is 29.4 Å². The molecule has 0 fully saturated rings. The first-order chi connectivity index (χ1) is 10.2. The predicted octanol–water partition coefficient (Wildman–Crippen LogP) is 3.05. The molecule has 2 heterocycles. The van der Waals surface area contributed by atoms with E-state index in [1.807, 2.05) is 18.3 Å². The lowest BCUT2D eigenvalue weighted by Crippen LogP contribution is -2.03. The topological polar surface area (TPSA) is 67.5 Å². The summed E-state index contributed by atoms with van der Waals surface area (Å²) in [5.41, 5.74) is 3.32. The van der Waals surface area contributed by atoms with Gasteiger partial charge in [-0.1, -0.05) is 37.6 Å². The molecule has 0 aliphatic carbocycles. The average molecular weight is 281 g/mol. The standard InChI is InChI=1S/C16H15N3O2/c1-2-3-11-4-6-12(7-5-11)13-10-19-9-8-17-14(16(20)21)15(19)18-13/h4-10H,2-3H2,1H3,(H,20,21). The fourth-order valence-electron chi connectivity index (χ4n) is 2.34. The molecule has 106 valence electrons. The Morgan fingerprint density at radius 2 is 2.05 bits per heavy atom. The quantitative estimate of drug-likeness (QED) is 0.798. The van der Waals surface area contributed by atoms with Crippen LogP contribution in [0.5, 0.6) is 0 Å². The number of carboxylic acid groups (broad SMARTS) is 1. The van der Waals surface area contributed by atoms with Crippen LogP contribution in [0.15, 0.2) is 42.9 Å². The Labute approximate surface area is 121 Å². The van der Waals surface area contributed by atoms with E-state index in [4.69, 9.17) is 5.11 Å². The van der Waals surface area contributed by atoms with Crippen LogP contribution in [0.2, 0.25) is 0 Å². The molecular weight excluding hydrogens is 266 g/mol. The summed E-state index contributed by atoms with van der Waals surface area (Å²) >= 11 is 0. The molecule has 0 saturated carbocycles. The Bertz CT molecular complexity index is 791. The molecule has 2 aromatic heterocycles. The number of fused-ring (bicyclic) bond motifs is 1. The summed E-state index contributed by atoms with van der Waals surface area (Å²) in [7, 11) is 0. The Morgan fingerprint density at radius 1 is 1.29 bits per heavy atom. The minimum absolute atomic E-state index is 0.0358. The molecule has 0 atom stereocenters. The molecule has 0 aliphatic rings. The number of carboxylic acids is 1. The van der Waals surface area contributed by atoms with Crippen LogP contribution < -0.4 is 0 Å². The number of aromatic carboxylic acids is 1. The monoisotopic (exact) mass is 281 g/mol. The third kappa shape index (κ3) is 2.50. The van der Waals surface area contributed by atoms with Gasteiger partial charge in [0.2, 0.25) is 0 Å². The van der Waals surface area contributed by atoms with Crippen LogP contribution in [-0.2, 0) is 6.42 Å². The van der Waals surface area contributed by atoms with Gasteiger partial charge in [0.1, 0.15) is 0 Å². The number of rotatable bonds is 4. The highest BCUT2D eigenvalue weighted by Crippen LogP contribution is 2.21. The van der Waals surface area contributed by atoms with Crippen molar-refractivity contribution in [1.82, 2.24) is 14.4 Å². The van der Waals surface area contributed by atoms with Crippen molar-refractivity contribution < 1.29 is 9.90 Å². The van der Waals surface area contributed by atoms with E-state index >= 15 is 0 Å². The summed E-state index contributed by atoms with van der Waals surface area (Å²) in [6.07, 6.45) is 7.15. The van der Waals surface area contributed by atoms with Crippen molar-refractivity contribution in [2.24, 2.45) is 0 Å². The molecule has 0 saturated heterocycles. The van der Waals surface area contributed by atoms with E-state index in [0.29, 0.717) is 5.65 Å². The van der Waals surface area contributed by atoms with E-state index in [2.05, 4.69) is 29.0 Å². The average Bonchev–Trinajstić information content (AvgIpc) is 2.92. The maximum atomic E-state index is 11.2. The third-order valence-electron chi connectivity index (χ3n) is 3.37. The number of aryl methyl sites for hydroxylation is 1. The van der Waals surface area contributed by atoms with Gasteiger partial charge in [0.25, 0.3) is 0 Å². The largest absolute Gasteiger partial charge is 0.476 e. The van der Waals surface area contributed by atoms with E-state index in [1.54, 1.807) is 10.6 Å². The summed E-state index contributed by atoms with van der Waals surface area (Å²) < 4.78 is 1.69. The van der Waals surface area contributed by atoms with Crippen LogP contribution in [0.25, 0.3) is 16.9 Å². The SMILES string of the molecule is CCCc1ccc(-c2cn3ccnc(C(=O)O)c3n2)cc1. The zero-order valence-corrected chi connectivity index (χ0v) is 11.7. The van der Waals surface area contributed by atoms with Gasteiger partial charge in [0, 0.05) is 24.2 Å². The van der Waals surface area contributed by atoms with Crippen LogP contribution in [-0.4, -0.2) is 25.4 Å². The summed E-state index contributed by atoms with van der Waals surface area (Å²) in [6.45, 7) is 2.15. The fraction of sp³-hybridized carbons (Fsp3) is 0.188. The Morgan fingerprint density at radius 3 is 2.71 bits per heavy atom. The third-order valence-corrected chi connectivity index (χ3v) is 3.37. The van der Waals surface area contributed by atoms with Crippen molar-refractivity contribution in [3.63, 3.8) is 0 Å². The number of hydrogen-bond acceptors (Lipinski definition) is 3. The molecule has 0 amide bonds. The maximum Gasteiger partial charge on any atom is 0.358 e. The first kappa shape index (κ1) is 13.3. The lowest BCUT2D eigenvalue weighted by atomic mass is 10.1. The first-order valence-corrected chi connectivity index (χ1v) is 6.85. The fourth-order valence-corrected chi connectivity index (χ4v) is 2.34. The number of carbonyl (C=O) groups is 1. The highest BCUT2D eigenvalue weighted by atomic mass is 16.4. The van der Waals surface area contributed by atoms with E-state index in [9.17, 15) is 4.79 Å². The predicted molar refractivity (Wildman–Crippen MR) is 79.4 cm³/mol. The number of imidazole rings is 1. The first-order valence-electron chi connectivity index (χ1n) is 6.85. The zero-order valence-electron chi connectivity index (χ0n) is 11.7. The van der Waals surface area contributed by atoms with Crippen LogP contribution in [0.3, 0.4) is 0 Å². The number of hydrogen-bond donors (Lipinski definition) is 1. The second-order valence-corrected chi connectivity index (χ2v) is 4.88. The van der Waals surface area contributed by atoms with Gasteiger partial charge in [0.05, 0.1) is 5.69 Å². The van der Waals surface area contributed by atoms with Crippen LogP contribution in [0.4, 0.5) is 0 Å². The maximum absolute atomic E-state index is 11.2. The van der Waals surface area contributed by atoms with Gasteiger partial charge < -0.3 is 9.51 Å². The van der Waals surface area contributed by atoms with Crippen LogP contribution >= 0.6 is 0 Å². The summed E-state index contributed by atoms with van der Waals surface area (Å²) in [6, 6.07) is 8.19. The van der Waals surface area contributed by atoms with Crippen LogP contribution in [0, 0.1) is 0 Å². The van der Waals surface area contributed by atoms with Crippen molar-refractivity contribution in [2.45, 2.75) is 19.8 Å². The molecule has 1 aromatic carbocycles. The Balaban J connectivity index is 2.04. The molecule has 3 aromatic rings. The van der Waals surface area contributed by atoms with Gasteiger partial charge >= 0.3 is 5.97 Å². The summed E-state index contributed by atoms with van der Waals surface area (Å²) in [4.78, 5) is 19.4. The molecule has 0 bridgehead atoms.